The summed E-state index contributed by atoms with van der Waals surface area (Å²) >= 11 is 0. The highest BCUT2D eigenvalue weighted by molar-refractivity contribution is 7.87. The molecule has 4 rings (SSSR count). The summed E-state index contributed by atoms with van der Waals surface area (Å²) in [5.74, 6) is 3.16. The van der Waals surface area contributed by atoms with Crippen molar-refractivity contribution in [1.29, 1.82) is 0 Å². The second-order valence-corrected chi connectivity index (χ2v) is 10.8. The molecule has 0 spiro atoms. The van der Waals surface area contributed by atoms with E-state index in [-0.39, 0.29) is 28.8 Å². The highest BCUT2D eigenvalue weighted by Crippen LogP contribution is 2.64. The molecule has 0 N–H and O–H groups in total. The minimum absolute atomic E-state index is 0.00741. The van der Waals surface area contributed by atoms with Crippen molar-refractivity contribution < 1.29 is 27.0 Å². The third-order valence-corrected chi connectivity index (χ3v) is 8.50. The van der Waals surface area contributed by atoms with E-state index in [0.717, 1.165) is 6.42 Å². The standard InChI is InChI=1S/C26H24O6S/c1-25(2)20-14-15-26(25,23(28)16-20)17-33(30,31)32-21-11-9-19(10-12-21)24(29)22(27)13-8-18-6-4-3-5-7-18/h3-7,9-12,20H,14-17H2,1-2H3. The van der Waals surface area contributed by atoms with Gasteiger partial charge in [-0.05, 0) is 66.5 Å². The van der Waals surface area contributed by atoms with E-state index in [2.05, 4.69) is 11.8 Å². The Morgan fingerprint density at radius 2 is 1.73 bits per heavy atom. The van der Waals surface area contributed by atoms with Gasteiger partial charge in [-0.3, -0.25) is 14.4 Å². The largest absolute Gasteiger partial charge is 0.382 e. The van der Waals surface area contributed by atoms with Crippen molar-refractivity contribution in [1.82, 2.24) is 0 Å². The summed E-state index contributed by atoms with van der Waals surface area (Å²) in [6.07, 6.45) is 1.80. The zero-order valence-electron chi connectivity index (χ0n) is 18.5. The molecule has 0 radical (unpaired) electrons. The topological polar surface area (TPSA) is 94.6 Å². The Morgan fingerprint density at radius 3 is 2.30 bits per heavy atom. The molecule has 2 saturated carbocycles. The van der Waals surface area contributed by atoms with Gasteiger partial charge >= 0.3 is 10.1 Å². The lowest BCUT2D eigenvalue weighted by Crippen LogP contribution is -2.43. The van der Waals surface area contributed by atoms with Gasteiger partial charge in [-0.15, -0.1) is 0 Å². The van der Waals surface area contributed by atoms with Gasteiger partial charge < -0.3 is 4.18 Å². The number of hydrogen-bond donors (Lipinski definition) is 0. The number of fused-ring (bicyclic) bond motifs is 2. The van der Waals surface area contributed by atoms with Gasteiger partial charge in [0, 0.05) is 17.5 Å². The highest BCUT2D eigenvalue weighted by atomic mass is 32.2. The lowest BCUT2D eigenvalue weighted by atomic mass is 9.70. The van der Waals surface area contributed by atoms with Crippen LogP contribution in [0.15, 0.2) is 54.6 Å². The number of rotatable bonds is 6. The first kappa shape index (κ1) is 22.9. The molecule has 2 aliphatic carbocycles. The molecule has 2 aliphatic rings. The number of hydrogen-bond acceptors (Lipinski definition) is 6. The van der Waals surface area contributed by atoms with Crippen molar-refractivity contribution in [2.45, 2.75) is 33.1 Å². The van der Waals surface area contributed by atoms with Gasteiger partial charge in [0.2, 0.25) is 5.78 Å². The molecule has 7 heteroatoms. The summed E-state index contributed by atoms with van der Waals surface area (Å²) in [6, 6.07) is 14.1. The van der Waals surface area contributed by atoms with E-state index >= 15 is 0 Å². The molecule has 0 saturated heterocycles. The molecule has 0 heterocycles. The molecule has 2 bridgehead atoms. The molecule has 0 amide bonds. The molecule has 2 unspecified atom stereocenters. The fourth-order valence-corrected chi connectivity index (χ4v) is 6.83. The first-order valence-corrected chi connectivity index (χ1v) is 12.3. The number of benzene rings is 2. The molecule has 2 aromatic carbocycles. The van der Waals surface area contributed by atoms with Crippen molar-refractivity contribution in [3.05, 3.63) is 65.7 Å². The Kier molecular flexibility index (Phi) is 5.75. The maximum atomic E-state index is 12.8. The van der Waals surface area contributed by atoms with E-state index < -0.39 is 32.5 Å². The lowest BCUT2D eigenvalue weighted by molar-refractivity contribution is -0.128. The van der Waals surface area contributed by atoms with E-state index in [4.69, 9.17) is 4.18 Å². The van der Waals surface area contributed by atoms with Gasteiger partial charge in [0.05, 0.1) is 11.2 Å². The Balaban J connectivity index is 1.44. The van der Waals surface area contributed by atoms with E-state index in [1.807, 2.05) is 19.9 Å². The van der Waals surface area contributed by atoms with Crippen LogP contribution in [0.2, 0.25) is 0 Å². The maximum Gasteiger partial charge on any atom is 0.310 e. The van der Waals surface area contributed by atoms with E-state index in [0.29, 0.717) is 18.4 Å². The van der Waals surface area contributed by atoms with Crippen LogP contribution in [0.4, 0.5) is 0 Å². The Hall–Kier alpha value is -3.24. The van der Waals surface area contributed by atoms with E-state index in [1.54, 1.807) is 24.3 Å². The van der Waals surface area contributed by atoms with Crippen LogP contribution in [-0.4, -0.2) is 31.5 Å². The third kappa shape index (κ3) is 4.23. The van der Waals surface area contributed by atoms with Crippen molar-refractivity contribution in [3.8, 4) is 17.6 Å². The Bertz CT molecular complexity index is 1280. The molecule has 0 aliphatic heterocycles. The minimum atomic E-state index is -4.05. The summed E-state index contributed by atoms with van der Waals surface area (Å²) in [6.45, 7) is 3.92. The summed E-state index contributed by atoms with van der Waals surface area (Å²) < 4.78 is 30.9. The fraction of sp³-hybridized carbons (Fsp3) is 0.346. The van der Waals surface area contributed by atoms with Crippen LogP contribution in [0.1, 0.15) is 49.0 Å². The normalized spacial score (nSPS) is 23.0. The Labute approximate surface area is 193 Å². The number of Topliss-reactive ketones (excluding diaryl/α,β-unsaturated/α-hetero) is 3. The molecule has 2 aromatic rings. The van der Waals surface area contributed by atoms with Gasteiger partial charge in [-0.1, -0.05) is 38.0 Å². The van der Waals surface area contributed by atoms with Crippen molar-refractivity contribution in [3.63, 3.8) is 0 Å². The van der Waals surface area contributed by atoms with Gasteiger partial charge in [-0.25, -0.2) is 0 Å². The summed E-state index contributed by atoms with van der Waals surface area (Å²) in [5, 5.41) is 0. The predicted molar refractivity (Wildman–Crippen MR) is 122 cm³/mol. The second kappa shape index (κ2) is 8.27. The van der Waals surface area contributed by atoms with Crippen molar-refractivity contribution in [2.24, 2.45) is 16.7 Å². The minimum Gasteiger partial charge on any atom is -0.382 e. The predicted octanol–water partition coefficient (Wildman–Crippen LogP) is 3.59. The van der Waals surface area contributed by atoms with Crippen LogP contribution < -0.4 is 4.18 Å². The van der Waals surface area contributed by atoms with Gasteiger partial charge in [-0.2, -0.15) is 8.42 Å². The molecular formula is C26H24O6S. The quantitative estimate of drug-likeness (QED) is 0.281. The van der Waals surface area contributed by atoms with Crippen molar-refractivity contribution in [2.75, 3.05) is 5.75 Å². The van der Waals surface area contributed by atoms with Gasteiger partial charge in [0.1, 0.15) is 11.5 Å². The second-order valence-electron chi connectivity index (χ2n) is 9.25. The van der Waals surface area contributed by atoms with Crippen LogP contribution in [0.5, 0.6) is 5.75 Å². The average Bonchev–Trinajstić information content (AvgIpc) is 3.12. The smallest absolute Gasteiger partial charge is 0.310 e. The average molecular weight is 465 g/mol. The molecule has 33 heavy (non-hydrogen) atoms. The van der Waals surface area contributed by atoms with Crippen LogP contribution >= 0.6 is 0 Å². The summed E-state index contributed by atoms with van der Waals surface area (Å²) in [7, 11) is -4.05. The fourth-order valence-electron chi connectivity index (χ4n) is 5.09. The van der Waals surface area contributed by atoms with Crippen molar-refractivity contribution >= 4 is 27.5 Å². The molecule has 2 fully saturated rings. The maximum absolute atomic E-state index is 12.8. The van der Waals surface area contributed by atoms with Crippen LogP contribution in [0.25, 0.3) is 0 Å². The van der Waals surface area contributed by atoms with Gasteiger partial charge in [0.15, 0.2) is 0 Å². The van der Waals surface area contributed by atoms with E-state index in [9.17, 15) is 22.8 Å². The molecule has 0 aromatic heterocycles. The Morgan fingerprint density at radius 1 is 1.06 bits per heavy atom. The zero-order valence-corrected chi connectivity index (χ0v) is 19.3. The van der Waals surface area contributed by atoms with Crippen LogP contribution in [0.3, 0.4) is 0 Å². The number of carbonyl (C=O) groups is 3. The number of carbonyl (C=O) groups excluding carboxylic acids is 3. The molecular weight excluding hydrogens is 440 g/mol. The van der Waals surface area contributed by atoms with Gasteiger partial charge in [0.25, 0.3) is 5.78 Å². The van der Waals surface area contributed by atoms with E-state index in [1.165, 1.54) is 24.3 Å². The highest BCUT2D eigenvalue weighted by Gasteiger charge is 2.65. The first-order valence-electron chi connectivity index (χ1n) is 10.8. The first-order chi connectivity index (χ1) is 15.5. The molecule has 170 valence electrons. The summed E-state index contributed by atoms with van der Waals surface area (Å²) in [5.41, 5.74) is -0.616. The summed E-state index contributed by atoms with van der Waals surface area (Å²) in [4.78, 5) is 37.1. The lowest BCUT2D eigenvalue weighted by Gasteiger charge is -2.35. The van der Waals surface area contributed by atoms with Crippen LogP contribution in [-0.2, 0) is 19.7 Å². The monoisotopic (exact) mass is 464 g/mol. The molecule has 2 atom stereocenters. The SMILES string of the molecule is CC1(C)C2CCC1(CS(=O)(=O)Oc1ccc(C(=O)C(=O)C#Cc3ccccc3)cc1)C(=O)C2. The zero-order chi connectivity index (χ0) is 23.9. The third-order valence-electron chi connectivity index (χ3n) is 7.20. The molecule has 6 nitrogen and oxygen atoms in total. The number of ketones is 3. The van der Waals surface area contributed by atoms with Crippen LogP contribution in [0, 0.1) is 28.6 Å².